The van der Waals surface area contributed by atoms with Crippen LogP contribution in [0.4, 0.5) is 0 Å². The zero-order valence-corrected chi connectivity index (χ0v) is 26.3. The molecule has 180 valence electrons. The molecule has 5 heteroatoms. The van der Waals surface area contributed by atoms with Crippen molar-refractivity contribution in [1.29, 1.82) is 0 Å². The average molecular weight is 636 g/mol. The normalized spacial score (nSPS) is 13.2. The van der Waals surface area contributed by atoms with Gasteiger partial charge >= 0.3 is 19.8 Å². The summed E-state index contributed by atoms with van der Waals surface area (Å²) < 4.78 is 0. The van der Waals surface area contributed by atoms with E-state index in [-0.39, 0.29) is 35.6 Å². The van der Waals surface area contributed by atoms with E-state index >= 15 is 0 Å². The molecule has 1 fully saturated rings. The number of hydrogen-bond donors (Lipinski definition) is 1. The Labute approximate surface area is 207 Å². The van der Waals surface area contributed by atoms with E-state index in [1.807, 2.05) is 32.1 Å². The molecule has 1 saturated carbocycles. The van der Waals surface area contributed by atoms with Crippen LogP contribution in [-0.2, 0) is 24.6 Å². The van der Waals surface area contributed by atoms with Gasteiger partial charge in [-0.05, 0) is 66.1 Å². The first kappa shape index (κ1) is 38.2. The molecule has 0 unspecified atom stereocenters. The molecule has 0 atom stereocenters. The number of aliphatic carboxylic acids is 1. The molecule has 1 aliphatic carbocycles. The third-order valence-corrected chi connectivity index (χ3v) is 11.3. The van der Waals surface area contributed by atoms with E-state index in [1.165, 1.54) is 0 Å². The number of carbonyl (C=O) groups is 1. The molecule has 6 radical (unpaired) electrons. The summed E-state index contributed by atoms with van der Waals surface area (Å²) in [4.78, 5) is 9.00. The van der Waals surface area contributed by atoms with Crippen LogP contribution in [0, 0.1) is 32.1 Å². The zero-order valence-electron chi connectivity index (χ0n) is 22.0. The van der Waals surface area contributed by atoms with Gasteiger partial charge < -0.3 is 5.11 Å². The Kier molecular flexibility index (Phi) is 29.5. The zero-order chi connectivity index (χ0) is 23.7. The van der Waals surface area contributed by atoms with Gasteiger partial charge in [0.2, 0.25) is 0 Å². The SMILES string of the molecule is CC(=O)O.CC(C)P(C(C)C)C(C)C.CC(C)P(C(C)C)C(C)C.[CH]1[CH][CH][CH][CH]1.[Os+]. The van der Waals surface area contributed by atoms with Gasteiger partial charge in [0.05, 0.1) is 0 Å². The minimum atomic E-state index is -0.833. The largest absolute Gasteiger partial charge is 1.00 e. The van der Waals surface area contributed by atoms with Crippen molar-refractivity contribution in [2.24, 2.45) is 0 Å². The molecule has 0 amide bonds. The third-order valence-electron chi connectivity index (χ3n) is 4.13. The molecule has 0 aromatic carbocycles. The van der Waals surface area contributed by atoms with Crippen molar-refractivity contribution in [3.05, 3.63) is 32.1 Å². The predicted molar refractivity (Wildman–Crippen MR) is 139 cm³/mol. The summed E-state index contributed by atoms with van der Waals surface area (Å²) in [6, 6.07) is 0. The van der Waals surface area contributed by atoms with Gasteiger partial charge in [-0.25, -0.2) is 0 Å². The molecular weight excluding hydrogens is 584 g/mol. The third kappa shape index (κ3) is 25.2. The molecular formula is C25H51O2OsP2+. The fourth-order valence-corrected chi connectivity index (χ4v) is 11.1. The summed E-state index contributed by atoms with van der Waals surface area (Å²) >= 11 is 0. The number of carboxylic acids is 1. The van der Waals surface area contributed by atoms with E-state index in [1.54, 1.807) is 0 Å². The van der Waals surface area contributed by atoms with Crippen molar-refractivity contribution in [3.8, 4) is 0 Å². The molecule has 2 nitrogen and oxygen atoms in total. The van der Waals surface area contributed by atoms with E-state index in [4.69, 9.17) is 9.90 Å². The van der Waals surface area contributed by atoms with Gasteiger partial charge in [-0.1, -0.05) is 98.9 Å². The van der Waals surface area contributed by atoms with E-state index in [2.05, 4.69) is 83.1 Å². The van der Waals surface area contributed by atoms with Crippen LogP contribution >= 0.6 is 15.8 Å². The van der Waals surface area contributed by atoms with Gasteiger partial charge in [0.25, 0.3) is 5.97 Å². The average Bonchev–Trinajstić information content (AvgIpc) is 3.03. The standard InChI is InChI=1S/2C9H21P.C5H5.C2H4O2.Os/c2*1-7(2)10(8(3)4)9(5)6;1-2-4-5-3-1;1-2(3)4;/h2*7-9H,1-6H3;1-5H;1H3,(H,3,4);/q;;;;+1. The minimum absolute atomic E-state index is 0. The first-order valence-corrected chi connectivity index (χ1v) is 14.2. The van der Waals surface area contributed by atoms with E-state index in [0.717, 1.165) is 40.9 Å². The van der Waals surface area contributed by atoms with Gasteiger partial charge in [-0.2, -0.15) is 0 Å². The van der Waals surface area contributed by atoms with Crippen molar-refractivity contribution in [1.82, 2.24) is 0 Å². The maximum atomic E-state index is 9.00. The minimum Gasteiger partial charge on any atom is -0.481 e. The summed E-state index contributed by atoms with van der Waals surface area (Å²) in [5.41, 5.74) is 5.39. The summed E-state index contributed by atoms with van der Waals surface area (Å²) in [5.74, 6) is -0.833. The van der Waals surface area contributed by atoms with Crippen molar-refractivity contribution in [3.63, 3.8) is 0 Å². The summed E-state index contributed by atoms with van der Waals surface area (Å²) in [7, 11) is 0.525. The van der Waals surface area contributed by atoms with Gasteiger partial charge in [0, 0.05) is 6.92 Å². The second kappa shape index (κ2) is 23.1. The molecule has 1 rings (SSSR count). The van der Waals surface area contributed by atoms with Crippen LogP contribution in [0.5, 0.6) is 0 Å². The Morgan fingerprint density at radius 1 is 0.533 bits per heavy atom. The van der Waals surface area contributed by atoms with Gasteiger partial charge in [0.1, 0.15) is 0 Å². The van der Waals surface area contributed by atoms with Crippen LogP contribution < -0.4 is 0 Å². The number of carboxylic acid groups (broad SMARTS) is 1. The molecule has 0 aliphatic heterocycles. The second-order valence-corrected chi connectivity index (χ2v) is 16.9. The van der Waals surface area contributed by atoms with Crippen LogP contribution in [0.15, 0.2) is 0 Å². The summed E-state index contributed by atoms with van der Waals surface area (Å²) in [6.07, 6.45) is 10.0. The predicted octanol–water partition coefficient (Wildman–Crippen LogP) is 8.50. The van der Waals surface area contributed by atoms with E-state index in [0.29, 0.717) is 0 Å². The van der Waals surface area contributed by atoms with Crippen molar-refractivity contribution in [2.75, 3.05) is 0 Å². The molecule has 1 N–H and O–H groups in total. The number of rotatable bonds is 6. The Bertz CT molecular complexity index is 293. The van der Waals surface area contributed by atoms with Crippen LogP contribution in [0.3, 0.4) is 0 Å². The van der Waals surface area contributed by atoms with Crippen LogP contribution in [0.2, 0.25) is 0 Å². The van der Waals surface area contributed by atoms with E-state index < -0.39 is 5.97 Å². The maximum Gasteiger partial charge on any atom is 1.00 e. The Morgan fingerprint density at radius 2 is 0.633 bits per heavy atom. The van der Waals surface area contributed by atoms with Gasteiger partial charge in [-0.15, -0.1) is 0 Å². The number of hydrogen-bond acceptors (Lipinski definition) is 1. The second-order valence-electron chi connectivity index (χ2n) is 8.94. The quantitative estimate of drug-likeness (QED) is 0.297. The van der Waals surface area contributed by atoms with Crippen molar-refractivity contribution < 1.29 is 29.7 Å². The van der Waals surface area contributed by atoms with Crippen molar-refractivity contribution >= 4 is 21.8 Å². The maximum absolute atomic E-state index is 9.00. The summed E-state index contributed by atoms with van der Waals surface area (Å²) in [5, 5.41) is 7.42. The van der Waals surface area contributed by atoms with Gasteiger partial charge in [0.15, 0.2) is 0 Å². The fraction of sp³-hybridized carbons (Fsp3) is 0.760. The van der Waals surface area contributed by atoms with E-state index in [9.17, 15) is 0 Å². The topological polar surface area (TPSA) is 37.3 Å². The first-order chi connectivity index (χ1) is 13.2. The molecule has 0 aromatic heterocycles. The fourth-order valence-electron chi connectivity index (χ4n) is 3.90. The monoisotopic (exact) mass is 637 g/mol. The van der Waals surface area contributed by atoms with Crippen molar-refractivity contribution in [2.45, 2.75) is 124 Å². The molecule has 0 spiro atoms. The summed E-state index contributed by atoms with van der Waals surface area (Å²) in [6.45, 7) is 29.3. The molecule has 0 bridgehead atoms. The first-order valence-electron chi connectivity index (χ1n) is 11.1. The van der Waals surface area contributed by atoms with Crippen LogP contribution in [-0.4, -0.2) is 45.0 Å². The van der Waals surface area contributed by atoms with Crippen LogP contribution in [0.1, 0.15) is 90.0 Å². The van der Waals surface area contributed by atoms with Gasteiger partial charge in [-0.3, -0.25) is 4.79 Å². The molecule has 1 aliphatic rings. The molecule has 0 saturated heterocycles. The molecule has 30 heavy (non-hydrogen) atoms. The van der Waals surface area contributed by atoms with Crippen LogP contribution in [0.25, 0.3) is 0 Å². The Balaban J connectivity index is -0.000000158. The molecule has 0 aromatic rings. The molecule has 0 heterocycles. The Morgan fingerprint density at radius 3 is 0.667 bits per heavy atom. The Hall–Kier alpha value is 0.966. The smallest absolute Gasteiger partial charge is 0.481 e.